The van der Waals surface area contributed by atoms with Gasteiger partial charge in [0.15, 0.2) is 4.96 Å². The molecule has 0 bridgehead atoms. The Bertz CT molecular complexity index is 1080. The molecule has 1 aliphatic rings. The topological polar surface area (TPSA) is 53.7 Å². The summed E-state index contributed by atoms with van der Waals surface area (Å²) in [6, 6.07) is 1.99. The highest BCUT2D eigenvalue weighted by atomic mass is 32.1. The van der Waals surface area contributed by atoms with Crippen molar-refractivity contribution in [2.24, 2.45) is 0 Å². The fourth-order valence-electron chi connectivity index (χ4n) is 3.33. The fraction of sp³-hybridized carbons (Fsp3) is 0.353. The molecule has 26 heavy (non-hydrogen) atoms. The molecule has 6 nitrogen and oxygen atoms in total. The van der Waals surface area contributed by atoms with Crippen LogP contribution in [0.25, 0.3) is 15.3 Å². The lowest BCUT2D eigenvalue weighted by Crippen LogP contribution is -2.48. The zero-order chi connectivity index (χ0) is 17.7. The van der Waals surface area contributed by atoms with Crippen LogP contribution in [0.1, 0.15) is 20.4 Å². The largest absolute Gasteiger partial charge is 0.335 e. The van der Waals surface area contributed by atoms with Gasteiger partial charge in [0.05, 0.1) is 21.1 Å². The Hall–Kier alpha value is -1.81. The van der Waals surface area contributed by atoms with Crippen LogP contribution >= 0.6 is 34.0 Å². The van der Waals surface area contributed by atoms with E-state index in [1.165, 1.54) is 11.3 Å². The molecule has 0 atom stereocenters. The van der Waals surface area contributed by atoms with E-state index < -0.39 is 0 Å². The molecule has 5 heterocycles. The van der Waals surface area contributed by atoms with Crippen LogP contribution in [0.2, 0.25) is 0 Å². The molecule has 0 saturated carbocycles. The first-order valence-electron chi connectivity index (χ1n) is 8.45. The molecule has 9 heteroatoms. The standard InChI is InChI=1S/C17H17N5OS3/c1-11-18-12(10-25-11)9-20-2-4-21(5-3-20)16(23)14-8-13-15(26-14)19-17-22(13)6-7-24-17/h6-8,10H,2-5,9H2,1H3. The average Bonchev–Trinajstić information content (AvgIpc) is 3.37. The number of aryl methyl sites for hydroxylation is 1. The van der Waals surface area contributed by atoms with Crippen molar-refractivity contribution < 1.29 is 4.79 Å². The second-order valence-corrected chi connectivity index (χ2v) is 9.36. The van der Waals surface area contributed by atoms with Gasteiger partial charge in [0.2, 0.25) is 0 Å². The quantitative estimate of drug-likeness (QED) is 0.527. The highest BCUT2D eigenvalue weighted by Gasteiger charge is 2.24. The van der Waals surface area contributed by atoms with Crippen LogP contribution in [0, 0.1) is 6.92 Å². The van der Waals surface area contributed by atoms with Crippen molar-refractivity contribution in [1.82, 2.24) is 24.2 Å². The van der Waals surface area contributed by atoms with Gasteiger partial charge in [-0.05, 0) is 13.0 Å². The Morgan fingerprint density at radius 2 is 2.04 bits per heavy atom. The van der Waals surface area contributed by atoms with Crippen molar-refractivity contribution in [3.8, 4) is 0 Å². The molecule has 1 aliphatic heterocycles. The Morgan fingerprint density at radius 1 is 1.19 bits per heavy atom. The molecule has 1 fully saturated rings. The van der Waals surface area contributed by atoms with Crippen LogP contribution in [-0.2, 0) is 6.54 Å². The maximum atomic E-state index is 12.9. The number of nitrogens with zero attached hydrogens (tertiary/aromatic N) is 5. The summed E-state index contributed by atoms with van der Waals surface area (Å²) in [5.41, 5.74) is 2.17. The van der Waals surface area contributed by atoms with Gasteiger partial charge in [-0.3, -0.25) is 14.1 Å². The third-order valence-corrected chi connectivity index (χ3v) is 7.25. The minimum atomic E-state index is 0.126. The van der Waals surface area contributed by atoms with E-state index in [9.17, 15) is 4.79 Å². The van der Waals surface area contributed by atoms with Crippen LogP contribution in [-0.4, -0.2) is 56.3 Å². The molecular weight excluding hydrogens is 386 g/mol. The van der Waals surface area contributed by atoms with Gasteiger partial charge < -0.3 is 4.90 Å². The number of aromatic nitrogens is 3. The second kappa shape index (κ2) is 6.41. The predicted molar refractivity (Wildman–Crippen MR) is 106 cm³/mol. The van der Waals surface area contributed by atoms with E-state index in [1.807, 2.05) is 29.5 Å². The van der Waals surface area contributed by atoms with E-state index in [1.54, 1.807) is 22.7 Å². The van der Waals surface area contributed by atoms with Crippen LogP contribution in [0.4, 0.5) is 0 Å². The van der Waals surface area contributed by atoms with Crippen LogP contribution in [0.15, 0.2) is 23.0 Å². The van der Waals surface area contributed by atoms with Crippen LogP contribution in [0.3, 0.4) is 0 Å². The van der Waals surface area contributed by atoms with E-state index in [0.29, 0.717) is 0 Å². The smallest absolute Gasteiger partial charge is 0.264 e. The van der Waals surface area contributed by atoms with Crippen molar-refractivity contribution in [2.45, 2.75) is 13.5 Å². The van der Waals surface area contributed by atoms with Gasteiger partial charge in [-0.2, -0.15) is 0 Å². The van der Waals surface area contributed by atoms with Crippen LogP contribution in [0.5, 0.6) is 0 Å². The van der Waals surface area contributed by atoms with E-state index in [0.717, 1.165) is 63.6 Å². The highest BCUT2D eigenvalue weighted by Crippen LogP contribution is 2.29. The number of thiophene rings is 1. The number of imidazole rings is 1. The number of hydrogen-bond acceptors (Lipinski definition) is 7. The van der Waals surface area contributed by atoms with Gasteiger partial charge in [-0.15, -0.1) is 34.0 Å². The first kappa shape index (κ1) is 16.4. The molecule has 4 aromatic heterocycles. The van der Waals surface area contributed by atoms with E-state index in [4.69, 9.17) is 0 Å². The average molecular weight is 404 g/mol. The molecule has 0 unspecified atom stereocenters. The lowest BCUT2D eigenvalue weighted by Gasteiger charge is -2.34. The summed E-state index contributed by atoms with van der Waals surface area (Å²) in [5, 5.41) is 5.25. The van der Waals surface area contributed by atoms with Crippen molar-refractivity contribution in [1.29, 1.82) is 0 Å². The van der Waals surface area contributed by atoms with E-state index in [2.05, 4.69) is 24.6 Å². The third-order valence-electron chi connectivity index (χ3n) is 4.66. The Kier molecular flexibility index (Phi) is 4.04. The molecule has 1 saturated heterocycles. The van der Waals surface area contributed by atoms with Gasteiger partial charge >= 0.3 is 0 Å². The molecule has 4 aromatic rings. The van der Waals surface area contributed by atoms with Crippen molar-refractivity contribution >= 4 is 55.2 Å². The number of rotatable bonds is 3. The Morgan fingerprint density at radius 3 is 2.81 bits per heavy atom. The van der Waals surface area contributed by atoms with Crippen molar-refractivity contribution in [3.63, 3.8) is 0 Å². The van der Waals surface area contributed by atoms with Gasteiger partial charge in [-0.25, -0.2) is 9.97 Å². The summed E-state index contributed by atoms with van der Waals surface area (Å²) >= 11 is 4.80. The summed E-state index contributed by atoms with van der Waals surface area (Å²) in [6.45, 7) is 6.21. The minimum Gasteiger partial charge on any atom is -0.335 e. The minimum absolute atomic E-state index is 0.126. The zero-order valence-electron chi connectivity index (χ0n) is 14.2. The fourth-order valence-corrected chi connectivity index (χ4v) is 5.70. The number of thiazole rings is 2. The maximum Gasteiger partial charge on any atom is 0.264 e. The Labute approximate surface area is 162 Å². The lowest BCUT2D eigenvalue weighted by molar-refractivity contribution is 0.0632. The van der Waals surface area contributed by atoms with E-state index >= 15 is 0 Å². The monoisotopic (exact) mass is 403 g/mol. The molecule has 1 amide bonds. The highest BCUT2D eigenvalue weighted by molar-refractivity contribution is 7.21. The first-order valence-corrected chi connectivity index (χ1v) is 11.0. The molecular formula is C17H17N5OS3. The summed E-state index contributed by atoms with van der Waals surface area (Å²) in [5.74, 6) is 0.126. The normalized spacial score (nSPS) is 16.1. The van der Waals surface area contributed by atoms with Gasteiger partial charge in [0, 0.05) is 49.7 Å². The first-order chi connectivity index (χ1) is 12.7. The SMILES string of the molecule is Cc1nc(CN2CCN(C(=O)c3cc4c(nc5sccn54)s3)CC2)cs1. The van der Waals surface area contributed by atoms with Gasteiger partial charge in [0.25, 0.3) is 5.91 Å². The van der Waals surface area contributed by atoms with Gasteiger partial charge in [-0.1, -0.05) is 0 Å². The molecule has 0 aliphatic carbocycles. The third kappa shape index (κ3) is 2.84. The zero-order valence-corrected chi connectivity index (χ0v) is 16.7. The van der Waals surface area contributed by atoms with Gasteiger partial charge in [0.1, 0.15) is 4.83 Å². The van der Waals surface area contributed by atoms with Crippen molar-refractivity contribution in [3.05, 3.63) is 38.6 Å². The summed E-state index contributed by atoms with van der Waals surface area (Å²) in [4.78, 5) is 29.1. The molecule has 0 radical (unpaired) electrons. The van der Waals surface area contributed by atoms with E-state index in [-0.39, 0.29) is 5.91 Å². The molecule has 5 rings (SSSR count). The predicted octanol–water partition coefficient (Wildman–Crippen LogP) is 3.33. The molecule has 0 aromatic carbocycles. The van der Waals surface area contributed by atoms with Crippen LogP contribution < -0.4 is 0 Å². The number of amides is 1. The summed E-state index contributed by atoms with van der Waals surface area (Å²) < 4.78 is 2.06. The Balaban J connectivity index is 1.27. The number of carbonyl (C=O) groups excluding carboxylic acids is 1. The second-order valence-electron chi connectivity index (χ2n) is 6.39. The number of piperazine rings is 1. The number of carbonyl (C=O) groups is 1. The number of hydrogen-bond donors (Lipinski definition) is 0. The summed E-state index contributed by atoms with van der Waals surface area (Å²) in [7, 11) is 0. The molecule has 134 valence electrons. The molecule has 0 spiro atoms. The van der Waals surface area contributed by atoms with Crippen molar-refractivity contribution in [2.75, 3.05) is 26.2 Å². The maximum absolute atomic E-state index is 12.9. The number of fused-ring (bicyclic) bond motifs is 3. The summed E-state index contributed by atoms with van der Waals surface area (Å²) in [6.07, 6.45) is 2.01. The lowest BCUT2D eigenvalue weighted by atomic mass is 10.2. The molecule has 0 N–H and O–H groups in total.